The molecule has 5 nitrogen and oxygen atoms in total. The first kappa shape index (κ1) is 16.1. The van der Waals surface area contributed by atoms with E-state index in [0.29, 0.717) is 0 Å². The van der Waals surface area contributed by atoms with Gasteiger partial charge in [-0.15, -0.1) is 0 Å². The van der Waals surface area contributed by atoms with Crippen molar-refractivity contribution in [1.29, 1.82) is 0 Å². The molecule has 2 aromatic rings. The summed E-state index contributed by atoms with van der Waals surface area (Å²) in [7, 11) is 0. The summed E-state index contributed by atoms with van der Waals surface area (Å²) in [5, 5.41) is 10.2. The van der Waals surface area contributed by atoms with Crippen molar-refractivity contribution in [2.45, 2.75) is 46.8 Å². The van der Waals surface area contributed by atoms with Gasteiger partial charge in [0.1, 0.15) is 17.8 Å². The van der Waals surface area contributed by atoms with Crippen LogP contribution in [0.25, 0.3) is 10.9 Å². The molecule has 0 spiro atoms. The number of fused-ring (bicyclic) bond motifs is 1. The van der Waals surface area contributed by atoms with Crippen molar-refractivity contribution in [3.05, 3.63) is 35.0 Å². The minimum absolute atomic E-state index is 0.0922. The first-order chi connectivity index (χ1) is 10.1. The van der Waals surface area contributed by atoms with Crippen LogP contribution in [-0.2, 0) is 16.1 Å². The van der Waals surface area contributed by atoms with Crippen LogP contribution in [0.2, 0.25) is 0 Å². The molecule has 1 heterocycles. The first-order valence-corrected chi connectivity index (χ1v) is 7.14. The predicted octanol–water partition coefficient (Wildman–Crippen LogP) is 3.30. The van der Waals surface area contributed by atoms with E-state index in [1.165, 1.54) is 4.57 Å². The molecule has 2 rings (SSSR count). The van der Waals surface area contributed by atoms with Gasteiger partial charge in [0.25, 0.3) is 0 Å². The molecule has 0 saturated carbocycles. The van der Waals surface area contributed by atoms with Gasteiger partial charge in [-0.1, -0.05) is 11.6 Å². The van der Waals surface area contributed by atoms with Crippen LogP contribution in [0.5, 0.6) is 0 Å². The quantitative estimate of drug-likeness (QED) is 0.883. The second kappa shape index (κ2) is 5.48. The Hall–Kier alpha value is -2.30. The van der Waals surface area contributed by atoms with Crippen LogP contribution in [0.15, 0.2) is 18.2 Å². The van der Waals surface area contributed by atoms with E-state index in [1.54, 1.807) is 26.8 Å². The normalized spacial score (nSPS) is 11.7. The average molecular weight is 303 g/mol. The van der Waals surface area contributed by atoms with E-state index >= 15 is 0 Å². The number of carboxylic acid groups (broad SMARTS) is 1. The van der Waals surface area contributed by atoms with E-state index in [-0.39, 0.29) is 12.2 Å². The molecule has 0 aliphatic rings. The molecule has 5 heteroatoms. The lowest BCUT2D eigenvalue weighted by molar-refractivity contribution is -0.155. The number of nitrogens with zero attached hydrogens (tertiary/aromatic N) is 1. The topological polar surface area (TPSA) is 68.5 Å². The van der Waals surface area contributed by atoms with Crippen LogP contribution in [0.1, 0.15) is 42.4 Å². The third-order valence-corrected chi connectivity index (χ3v) is 3.25. The van der Waals surface area contributed by atoms with E-state index in [1.807, 2.05) is 26.0 Å². The number of benzene rings is 1. The Balaban J connectivity index is 2.53. The third kappa shape index (κ3) is 3.30. The molecule has 0 radical (unpaired) electrons. The Morgan fingerprint density at radius 3 is 2.36 bits per heavy atom. The zero-order valence-electron chi connectivity index (χ0n) is 13.6. The Morgan fingerprint density at radius 1 is 1.18 bits per heavy atom. The second-order valence-corrected chi connectivity index (χ2v) is 6.53. The van der Waals surface area contributed by atoms with E-state index in [4.69, 9.17) is 4.74 Å². The van der Waals surface area contributed by atoms with Gasteiger partial charge >= 0.3 is 11.9 Å². The van der Waals surface area contributed by atoms with Gasteiger partial charge in [0.15, 0.2) is 0 Å². The van der Waals surface area contributed by atoms with Crippen LogP contribution in [-0.4, -0.2) is 27.2 Å². The molecule has 0 bridgehead atoms. The number of ether oxygens (including phenoxy) is 1. The molecule has 1 aromatic carbocycles. The smallest absolute Gasteiger partial charge is 0.352 e. The fourth-order valence-electron chi connectivity index (χ4n) is 2.66. The standard InChI is InChI=1S/C17H21NO4/c1-10-6-11(2)15-12(7-10)8-13(16(20)21)18(15)9-14(19)22-17(3,4)5/h6-8H,9H2,1-5H3,(H,20,21). The average Bonchev–Trinajstić information content (AvgIpc) is 2.65. The number of hydrogen-bond donors (Lipinski definition) is 1. The zero-order chi connectivity index (χ0) is 16.7. The van der Waals surface area contributed by atoms with E-state index in [2.05, 4.69) is 0 Å². The van der Waals surface area contributed by atoms with Crippen molar-refractivity contribution in [1.82, 2.24) is 4.57 Å². The van der Waals surface area contributed by atoms with Gasteiger partial charge in [-0.05, 0) is 52.3 Å². The summed E-state index contributed by atoms with van der Waals surface area (Å²) >= 11 is 0. The van der Waals surface area contributed by atoms with Crippen molar-refractivity contribution < 1.29 is 19.4 Å². The van der Waals surface area contributed by atoms with Crippen molar-refractivity contribution in [3.63, 3.8) is 0 Å². The SMILES string of the molecule is Cc1cc(C)c2c(c1)cc(C(=O)O)n2CC(=O)OC(C)(C)C. The van der Waals surface area contributed by atoms with Crippen molar-refractivity contribution in [2.24, 2.45) is 0 Å². The lowest BCUT2D eigenvalue weighted by Gasteiger charge is -2.20. The number of carbonyl (C=O) groups excluding carboxylic acids is 1. The number of aromatic nitrogens is 1. The summed E-state index contributed by atoms with van der Waals surface area (Å²) in [6.45, 7) is 9.10. The highest BCUT2D eigenvalue weighted by Gasteiger charge is 2.22. The second-order valence-electron chi connectivity index (χ2n) is 6.53. The van der Waals surface area contributed by atoms with Gasteiger partial charge in [-0.25, -0.2) is 4.79 Å². The van der Waals surface area contributed by atoms with Crippen LogP contribution in [0, 0.1) is 13.8 Å². The summed E-state index contributed by atoms with van der Waals surface area (Å²) in [6, 6.07) is 5.49. The number of carbonyl (C=O) groups is 2. The summed E-state index contributed by atoms with van der Waals surface area (Å²) in [4.78, 5) is 23.6. The Labute approximate surface area is 129 Å². The zero-order valence-corrected chi connectivity index (χ0v) is 13.6. The maximum Gasteiger partial charge on any atom is 0.352 e. The van der Waals surface area contributed by atoms with E-state index in [9.17, 15) is 14.7 Å². The molecule has 0 amide bonds. The Kier molecular flexibility index (Phi) is 4.00. The van der Waals surface area contributed by atoms with E-state index < -0.39 is 17.5 Å². The van der Waals surface area contributed by atoms with Crippen LogP contribution < -0.4 is 0 Å². The molecule has 1 aromatic heterocycles. The van der Waals surface area contributed by atoms with Crippen LogP contribution in [0.3, 0.4) is 0 Å². The number of rotatable bonds is 3. The molecule has 1 N–H and O–H groups in total. The summed E-state index contributed by atoms with van der Waals surface area (Å²) < 4.78 is 6.82. The minimum atomic E-state index is -1.06. The molecule has 22 heavy (non-hydrogen) atoms. The Morgan fingerprint density at radius 2 is 1.82 bits per heavy atom. The van der Waals surface area contributed by atoms with Crippen LogP contribution in [0.4, 0.5) is 0 Å². The molecule has 0 aliphatic heterocycles. The van der Waals surface area contributed by atoms with Gasteiger partial charge in [0.05, 0.1) is 5.52 Å². The highest BCUT2D eigenvalue weighted by molar-refractivity contribution is 5.96. The number of hydrogen-bond acceptors (Lipinski definition) is 3. The van der Waals surface area contributed by atoms with Gasteiger partial charge < -0.3 is 14.4 Å². The molecule has 0 atom stereocenters. The molecular formula is C17H21NO4. The lowest BCUT2D eigenvalue weighted by atomic mass is 10.1. The highest BCUT2D eigenvalue weighted by atomic mass is 16.6. The predicted molar refractivity (Wildman–Crippen MR) is 84.2 cm³/mol. The van der Waals surface area contributed by atoms with Crippen LogP contribution >= 0.6 is 0 Å². The Bertz CT molecular complexity index is 750. The minimum Gasteiger partial charge on any atom is -0.477 e. The van der Waals surface area contributed by atoms with Gasteiger partial charge in [-0.2, -0.15) is 0 Å². The first-order valence-electron chi connectivity index (χ1n) is 7.14. The van der Waals surface area contributed by atoms with E-state index in [0.717, 1.165) is 22.0 Å². The largest absolute Gasteiger partial charge is 0.477 e. The molecule has 0 aliphatic carbocycles. The third-order valence-electron chi connectivity index (χ3n) is 3.25. The molecule has 0 unspecified atom stereocenters. The maximum absolute atomic E-state index is 12.1. The summed E-state index contributed by atoms with van der Waals surface area (Å²) in [6.07, 6.45) is 0. The van der Waals surface area contributed by atoms with Gasteiger partial charge in [0, 0.05) is 5.39 Å². The molecule has 118 valence electrons. The molecule has 0 saturated heterocycles. The van der Waals surface area contributed by atoms with Crippen molar-refractivity contribution in [3.8, 4) is 0 Å². The number of esters is 1. The fourth-order valence-corrected chi connectivity index (χ4v) is 2.66. The lowest BCUT2D eigenvalue weighted by Crippen LogP contribution is -2.27. The van der Waals surface area contributed by atoms with Gasteiger partial charge in [0.2, 0.25) is 0 Å². The number of aromatic carboxylic acids is 1. The number of aryl methyl sites for hydroxylation is 2. The van der Waals surface area contributed by atoms with Crippen molar-refractivity contribution in [2.75, 3.05) is 0 Å². The molecule has 0 fully saturated rings. The van der Waals surface area contributed by atoms with Crippen molar-refractivity contribution >= 4 is 22.8 Å². The summed E-state index contributed by atoms with van der Waals surface area (Å²) in [5.41, 5.74) is 2.24. The monoisotopic (exact) mass is 303 g/mol. The maximum atomic E-state index is 12.1. The fraction of sp³-hybridized carbons (Fsp3) is 0.412. The van der Waals surface area contributed by atoms with Gasteiger partial charge in [-0.3, -0.25) is 4.79 Å². The number of carboxylic acids is 1. The molecular weight excluding hydrogens is 282 g/mol. The summed E-state index contributed by atoms with van der Waals surface area (Å²) in [5.74, 6) is -1.51. The highest BCUT2D eigenvalue weighted by Crippen LogP contribution is 2.25.